The highest BCUT2D eigenvalue weighted by Crippen LogP contribution is 2.40. The number of aliphatic hydroxyl groups excluding tert-OH is 4. The van der Waals surface area contributed by atoms with Crippen LogP contribution in [0.5, 0.6) is 0 Å². The lowest BCUT2D eigenvalue weighted by molar-refractivity contribution is -0.250. The van der Waals surface area contributed by atoms with Gasteiger partial charge < -0.3 is 34.8 Å². The van der Waals surface area contributed by atoms with Gasteiger partial charge in [-0.25, -0.2) is 4.39 Å². The number of rotatable bonds is 5. The van der Waals surface area contributed by atoms with Crippen molar-refractivity contribution >= 4 is 22.7 Å². The quantitative estimate of drug-likeness (QED) is 0.394. The van der Waals surface area contributed by atoms with Crippen LogP contribution in [0.15, 0.2) is 58.5 Å². The fourth-order valence-electron chi connectivity index (χ4n) is 3.89. The van der Waals surface area contributed by atoms with Crippen LogP contribution in [-0.2, 0) is 10.3 Å². The van der Waals surface area contributed by atoms with E-state index < -0.39 is 48.7 Å². The van der Waals surface area contributed by atoms with Gasteiger partial charge in [0, 0.05) is 21.4 Å². The number of halogens is 1. The molecule has 0 aliphatic carbocycles. The van der Waals surface area contributed by atoms with Crippen LogP contribution in [0.4, 0.5) is 4.39 Å². The number of nitrogens with zero attached hydrogens (tertiary/aromatic N) is 1. The number of fused-ring (bicyclic) bond motifs is 1. The second kappa shape index (κ2) is 8.75. The van der Waals surface area contributed by atoms with Crippen LogP contribution in [0.25, 0.3) is 10.9 Å². The Morgan fingerprint density at radius 3 is 2.34 bits per heavy atom. The van der Waals surface area contributed by atoms with Crippen LogP contribution in [0.2, 0.25) is 0 Å². The molecule has 5 N–H and O–H groups in total. The minimum absolute atomic E-state index is 0.320. The molecule has 5 atom stereocenters. The van der Waals surface area contributed by atoms with Gasteiger partial charge in [0.2, 0.25) is 0 Å². The van der Waals surface area contributed by atoms with E-state index in [0.29, 0.717) is 15.8 Å². The molecular formula is C23H26FNO6S. The highest BCUT2D eigenvalue weighted by molar-refractivity contribution is 7.99. The molecule has 1 saturated heterocycles. The molecule has 32 heavy (non-hydrogen) atoms. The fraction of sp³-hybridized carbons (Fsp3) is 0.391. The van der Waals surface area contributed by atoms with Gasteiger partial charge in [0.15, 0.2) is 6.23 Å². The summed E-state index contributed by atoms with van der Waals surface area (Å²) in [6.07, 6.45) is -5.10. The lowest BCUT2D eigenvalue weighted by Crippen LogP contribution is -2.56. The minimum Gasteiger partial charge on any atom is -0.394 e. The maximum atomic E-state index is 14.8. The zero-order valence-electron chi connectivity index (χ0n) is 17.6. The molecule has 2 heterocycles. The molecule has 7 nitrogen and oxygen atoms in total. The fourth-order valence-corrected chi connectivity index (χ4v) is 4.89. The molecule has 0 radical (unpaired) electrons. The highest BCUT2D eigenvalue weighted by atomic mass is 32.2. The largest absolute Gasteiger partial charge is 0.394 e. The standard InChI is InChI=1S/C23H26FNO6S/c1-23(2,30)12-6-8-13(9-7-12)32-17-10-25(15-5-3-4-14(24)18(15)17)22-21(29)20(28)19(27)16(11-26)31-22/h3-10,16,19-22,26-30H,11H2,1-2H3/t16-,19-,20+,21-,22-/m1/s1. The van der Waals surface area contributed by atoms with E-state index in [1.165, 1.54) is 28.5 Å². The molecule has 3 aromatic rings. The maximum Gasteiger partial charge on any atom is 0.163 e. The summed E-state index contributed by atoms with van der Waals surface area (Å²) in [7, 11) is 0. The van der Waals surface area contributed by atoms with Gasteiger partial charge in [0.1, 0.15) is 30.2 Å². The number of hydrogen-bond donors (Lipinski definition) is 5. The van der Waals surface area contributed by atoms with Crippen molar-refractivity contribution in [3.8, 4) is 0 Å². The summed E-state index contributed by atoms with van der Waals surface area (Å²) in [5.74, 6) is -0.457. The molecular weight excluding hydrogens is 437 g/mol. The van der Waals surface area contributed by atoms with Crippen molar-refractivity contribution in [1.29, 1.82) is 0 Å². The number of hydrogen-bond acceptors (Lipinski definition) is 7. The molecule has 1 aliphatic heterocycles. The molecule has 0 bridgehead atoms. The van der Waals surface area contributed by atoms with E-state index in [1.807, 2.05) is 12.1 Å². The Morgan fingerprint density at radius 2 is 1.72 bits per heavy atom. The van der Waals surface area contributed by atoms with Crippen LogP contribution >= 0.6 is 11.8 Å². The SMILES string of the molecule is CC(C)(O)c1ccc(Sc2cn([C@@H]3O[C@H](CO)[C@@H](O)[C@H](O)[C@H]3O)c3cccc(F)c23)cc1. The van der Waals surface area contributed by atoms with Crippen LogP contribution in [0, 0.1) is 5.82 Å². The van der Waals surface area contributed by atoms with Gasteiger partial charge in [-0.05, 0) is 43.7 Å². The van der Waals surface area contributed by atoms with E-state index >= 15 is 0 Å². The smallest absolute Gasteiger partial charge is 0.163 e. The second-order valence-electron chi connectivity index (χ2n) is 8.44. The molecule has 0 spiro atoms. The summed E-state index contributed by atoms with van der Waals surface area (Å²) in [6.45, 7) is 2.83. The predicted octanol–water partition coefficient (Wildman–Crippen LogP) is 2.13. The Balaban J connectivity index is 1.74. The lowest BCUT2D eigenvalue weighted by Gasteiger charge is -2.40. The van der Waals surface area contributed by atoms with Crippen LogP contribution in [0.1, 0.15) is 25.6 Å². The van der Waals surface area contributed by atoms with Crippen molar-refractivity contribution in [2.75, 3.05) is 6.61 Å². The first-order valence-corrected chi connectivity index (χ1v) is 11.0. The van der Waals surface area contributed by atoms with Gasteiger partial charge in [-0.15, -0.1) is 0 Å². The number of ether oxygens (including phenoxy) is 1. The van der Waals surface area contributed by atoms with Gasteiger partial charge in [-0.2, -0.15) is 0 Å². The summed E-state index contributed by atoms with van der Waals surface area (Å²) in [6, 6.07) is 11.8. The van der Waals surface area contributed by atoms with Crippen molar-refractivity contribution in [3.05, 3.63) is 60.0 Å². The second-order valence-corrected chi connectivity index (χ2v) is 9.55. The lowest BCUT2D eigenvalue weighted by atomic mass is 9.98. The summed E-state index contributed by atoms with van der Waals surface area (Å²) in [5, 5.41) is 50.8. The summed E-state index contributed by atoms with van der Waals surface area (Å²) >= 11 is 1.30. The zero-order chi connectivity index (χ0) is 23.2. The van der Waals surface area contributed by atoms with E-state index in [-0.39, 0.29) is 0 Å². The van der Waals surface area contributed by atoms with Gasteiger partial charge in [0.05, 0.1) is 17.7 Å². The first-order chi connectivity index (χ1) is 15.1. The predicted molar refractivity (Wildman–Crippen MR) is 117 cm³/mol. The van der Waals surface area contributed by atoms with Gasteiger partial charge in [-0.1, -0.05) is 30.0 Å². The first kappa shape index (κ1) is 23.2. The number of aliphatic hydroxyl groups is 5. The molecule has 0 unspecified atom stereocenters. The molecule has 172 valence electrons. The van der Waals surface area contributed by atoms with E-state index in [9.17, 15) is 29.9 Å². The van der Waals surface area contributed by atoms with Crippen molar-refractivity contribution in [3.63, 3.8) is 0 Å². The topological polar surface area (TPSA) is 115 Å². The van der Waals surface area contributed by atoms with Crippen molar-refractivity contribution in [2.45, 2.75) is 59.9 Å². The molecule has 1 fully saturated rings. The monoisotopic (exact) mass is 463 g/mol. The molecule has 0 amide bonds. The van der Waals surface area contributed by atoms with Crippen LogP contribution < -0.4 is 0 Å². The van der Waals surface area contributed by atoms with E-state index in [2.05, 4.69) is 0 Å². The van der Waals surface area contributed by atoms with Crippen LogP contribution in [-0.4, -0.2) is 61.1 Å². The molecule has 1 aliphatic rings. The Labute approximate surface area is 188 Å². The van der Waals surface area contributed by atoms with Crippen LogP contribution in [0.3, 0.4) is 0 Å². The Hall–Kier alpha value is -1.98. The minimum atomic E-state index is -1.54. The van der Waals surface area contributed by atoms with E-state index in [4.69, 9.17) is 4.74 Å². The van der Waals surface area contributed by atoms with Gasteiger partial charge >= 0.3 is 0 Å². The van der Waals surface area contributed by atoms with Crippen molar-refractivity contribution in [2.24, 2.45) is 0 Å². The Morgan fingerprint density at radius 1 is 1.03 bits per heavy atom. The van der Waals surface area contributed by atoms with Crippen molar-refractivity contribution < 1.29 is 34.7 Å². The third-order valence-corrected chi connectivity index (χ3v) is 6.74. The summed E-state index contributed by atoms with van der Waals surface area (Å²) in [4.78, 5) is 1.38. The first-order valence-electron chi connectivity index (χ1n) is 10.2. The highest BCUT2D eigenvalue weighted by Gasteiger charge is 2.44. The van der Waals surface area contributed by atoms with E-state index in [1.54, 1.807) is 38.2 Å². The average molecular weight is 464 g/mol. The average Bonchev–Trinajstić information content (AvgIpc) is 3.11. The molecule has 2 aromatic carbocycles. The molecule has 4 rings (SSSR count). The van der Waals surface area contributed by atoms with Gasteiger partial charge in [0.25, 0.3) is 0 Å². The number of aromatic nitrogens is 1. The summed E-state index contributed by atoms with van der Waals surface area (Å²) in [5.41, 5.74) is 0.204. The number of benzene rings is 2. The van der Waals surface area contributed by atoms with Gasteiger partial charge in [-0.3, -0.25) is 0 Å². The maximum absolute atomic E-state index is 14.8. The third kappa shape index (κ3) is 4.17. The molecule has 0 saturated carbocycles. The zero-order valence-corrected chi connectivity index (χ0v) is 18.4. The third-order valence-electron chi connectivity index (χ3n) is 5.70. The molecule has 1 aromatic heterocycles. The summed E-state index contributed by atoms with van der Waals surface area (Å²) < 4.78 is 22.0. The van der Waals surface area contributed by atoms with E-state index in [0.717, 1.165) is 10.5 Å². The Kier molecular flexibility index (Phi) is 6.34. The van der Waals surface area contributed by atoms with Crippen molar-refractivity contribution in [1.82, 2.24) is 4.57 Å². The molecule has 9 heteroatoms. The normalized spacial score (nSPS) is 26.6. The Bertz CT molecular complexity index is 1090.